The minimum atomic E-state index is -0.710. The van der Waals surface area contributed by atoms with Crippen LogP contribution in [0.4, 0.5) is 0 Å². The number of hydrogen-bond acceptors (Lipinski definition) is 3. The highest BCUT2D eigenvalue weighted by atomic mass is 16.3. The lowest BCUT2D eigenvalue weighted by Gasteiger charge is -2.37. The molecule has 2 atom stereocenters. The van der Waals surface area contributed by atoms with Gasteiger partial charge in [-0.05, 0) is 32.2 Å². The maximum absolute atomic E-state index is 12.0. The fourth-order valence-electron chi connectivity index (χ4n) is 2.20. The quantitative estimate of drug-likeness (QED) is 0.745. The van der Waals surface area contributed by atoms with E-state index in [0.29, 0.717) is 19.5 Å². The molecule has 94 valence electrons. The second-order valence-corrected chi connectivity index (χ2v) is 5.13. The molecule has 4 heteroatoms. The standard InChI is InChI=1S/C12H24N2O2/c1-3-10(8-13)7-11(15)14-6-4-5-12(2,16)9-14/h10,16H,3-9,13H2,1-2H3. The Morgan fingerprint density at radius 3 is 2.81 bits per heavy atom. The summed E-state index contributed by atoms with van der Waals surface area (Å²) >= 11 is 0. The third kappa shape index (κ3) is 3.76. The minimum absolute atomic E-state index is 0.136. The van der Waals surface area contributed by atoms with Gasteiger partial charge >= 0.3 is 0 Å². The summed E-state index contributed by atoms with van der Waals surface area (Å²) in [7, 11) is 0. The summed E-state index contributed by atoms with van der Waals surface area (Å²) in [5, 5.41) is 9.92. The molecule has 1 heterocycles. The number of rotatable bonds is 4. The van der Waals surface area contributed by atoms with Gasteiger partial charge in [-0.2, -0.15) is 0 Å². The predicted molar refractivity (Wildman–Crippen MR) is 63.9 cm³/mol. The summed E-state index contributed by atoms with van der Waals surface area (Å²) in [6, 6.07) is 0. The Bertz CT molecular complexity index is 237. The zero-order valence-electron chi connectivity index (χ0n) is 10.4. The number of piperidine rings is 1. The van der Waals surface area contributed by atoms with Crippen LogP contribution in [-0.4, -0.2) is 41.1 Å². The average Bonchev–Trinajstić information content (AvgIpc) is 2.24. The Morgan fingerprint density at radius 1 is 1.62 bits per heavy atom. The van der Waals surface area contributed by atoms with Crippen LogP contribution >= 0.6 is 0 Å². The molecule has 1 fully saturated rings. The molecule has 0 aliphatic carbocycles. The number of carbonyl (C=O) groups is 1. The Hall–Kier alpha value is -0.610. The van der Waals surface area contributed by atoms with E-state index in [1.165, 1.54) is 0 Å². The summed E-state index contributed by atoms with van der Waals surface area (Å²) in [6.07, 6.45) is 3.12. The number of amides is 1. The molecular formula is C12H24N2O2. The lowest BCUT2D eigenvalue weighted by molar-refractivity contribution is -0.138. The molecule has 0 saturated carbocycles. The van der Waals surface area contributed by atoms with Crippen LogP contribution in [0.1, 0.15) is 39.5 Å². The molecule has 1 rings (SSSR count). The van der Waals surface area contributed by atoms with E-state index in [2.05, 4.69) is 6.92 Å². The Kier molecular flexibility index (Phi) is 4.74. The molecule has 0 aromatic heterocycles. The minimum Gasteiger partial charge on any atom is -0.388 e. The lowest BCUT2D eigenvalue weighted by Crippen LogP contribution is -2.49. The van der Waals surface area contributed by atoms with Crippen molar-refractivity contribution in [3.63, 3.8) is 0 Å². The summed E-state index contributed by atoms with van der Waals surface area (Å²) in [5.74, 6) is 0.414. The molecule has 0 radical (unpaired) electrons. The van der Waals surface area contributed by atoms with Crippen molar-refractivity contribution in [3.8, 4) is 0 Å². The molecule has 16 heavy (non-hydrogen) atoms. The van der Waals surface area contributed by atoms with E-state index in [1.54, 1.807) is 11.8 Å². The number of nitrogens with zero attached hydrogens (tertiary/aromatic N) is 1. The second-order valence-electron chi connectivity index (χ2n) is 5.13. The van der Waals surface area contributed by atoms with E-state index in [-0.39, 0.29) is 11.8 Å². The molecule has 2 unspecified atom stereocenters. The van der Waals surface area contributed by atoms with Crippen LogP contribution in [-0.2, 0) is 4.79 Å². The van der Waals surface area contributed by atoms with E-state index in [4.69, 9.17) is 5.73 Å². The van der Waals surface area contributed by atoms with Crippen LogP contribution in [0.3, 0.4) is 0 Å². The molecule has 0 aromatic rings. The fraction of sp³-hybridized carbons (Fsp3) is 0.917. The lowest BCUT2D eigenvalue weighted by atomic mass is 9.94. The first-order valence-electron chi connectivity index (χ1n) is 6.18. The summed E-state index contributed by atoms with van der Waals surface area (Å²) < 4.78 is 0. The van der Waals surface area contributed by atoms with Crippen molar-refractivity contribution < 1.29 is 9.90 Å². The first-order chi connectivity index (χ1) is 7.48. The average molecular weight is 228 g/mol. The van der Waals surface area contributed by atoms with Crippen molar-refractivity contribution >= 4 is 5.91 Å². The first-order valence-corrected chi connectivity index (χ1v) is 6.18. The van der Waals surface area contributed by atoms with E-state index in [9.17, 15) is 9.90 Å². The van der Waals surface area contributed by atoms with Crippen LogP contribution in [0.25, 0.3) is 0 Å². The fourth-order valence-corrected chi connectivity index (χ4v) is 2.20. The van der Waals surface area contributed by atoms with Gasteiger partial charge in [0, 0.05) is 19.5 Å². The maximum atomic E-state index is 12.0. The topological polar surface area (TPSA) is 66.6 Å². The molecule has 1 aliphatic rings. The normalized spacial score (nSPS) is 27.9. The van der Waals surface area contributed by atoms with Crippen molar-refractivity contribution in [1.29, 1.82) is 0 Å². The molecule has 0 spiro atoms. The number of likely N-dealkylation sites (tertiary alicyclic amines) is 1. The van der Waals surface area contributed by atoms with Gasteiger partial charge in [0.25, 0.3) is 0 Å². The molecular weight excluding hydrogens is 204 g/mol. The van der Waals surface area contributed by atoms with Crippen LogP contribution < -0.4 is 5.73 Å². The zero-order valence-corrected chi connectivity index (χ0v) is 10.4. The number of nitrogens with two attached hydrogens (primary N) is 1. The van der Waals surface area contributed by atoms with Gasteiger partial charge in [-0.3, -0.25) is 4.79 Å². The van der Waals surface area contributed by atoms with Gasteiger partial charge in [0.15, 0.2) is 0 Å². The van der Waals surface area contributed by atoms with Gasteiger partial charge in [-0.1, -0.05) is 13.3 Å². The van der Waals surface area contributed by atoms with Gasteiger partial charge in [-0.25, -0.2) is 0 Å². The Labute approximate surface area is 97.8 Å². The van der Waals surface area contributed by atoms with Gasteiger partial charge in [0.05, 0.1) is 5.60 Å². The van der Waals surface area contributed by atoms with E-state index in [0.717, 1.165) is 25.8 Å². The largest absolute Gasteiger partial charge is 0.388 e. The van der Waals surface area contributed by atoms with Gasteiger partial charge in [-0.15, -0.1) is 0 Å². The molecule has 0 aromatic carbocycles. The first kappa shape index (κ1) is 13.5. The van der Waals surface area contributed by atoms with Crippen molar-refractivity contribution in [3.05, 3.63) is 0 Å². The van der Waals surface area contributed by atoms with Gasteiger partial charge < -0.3 is 15.7 Å². The Balaban J connectivity index is 2.47. The second kappa shape index (κ2) is 5.64. The smallest absolute Gasteiger partial charge is 0.222 e. The summed E-state index contributed by atoms with van der Waals surface area (Å²) in [5.41, 5.74) is 4.88. The van der Waals surface area contributed by atoms with Gasteiger partial charge in [0.2, 0.25) is 5.91 Å². The molecule has 3 N–H and O–H groups in total. The maximum Gasteiger partial charge on any atom is 0.222 e. The number of aliphatic hydroxyl groups is 1. The highest BCUT2D eigenvalue weighted by molar-refractivity contribution is 5.76. The van der Waals surface area contributed by atoms with Crippen LogP contribution in [0, 0.1) is 5.92 Å². The van der Waals surface area contributed by atoms with E-state index < -0.39 is 5.60 Å². The van der Waals surface area contributed by atoms with E-state index >= 15 is 0 Å². The molecule has 4 nitrogen and oxygen atoms in total. The third-order valence-corrected chi connectivity index (χ3v) is 3.40. The predicted octanol–water partition coefficient (Wildman–Crippen LogP) is 0.735. The van der Waals surface area contributed by atoms with Crippen molar-refractivity contribution in [2.24, 2.45) is 11.7 Å². The molecule has 1 saturated heterocycles. The van der Waals surface area contributed by atoms with Crippen molar-refractivity contribution in [2.75, 3.05) is 19.6 Å². The highest BCUT2D eigenvalue weighted by Crippen LogP contribution is 2.21. The van der Waals surface area contributed by atoms with Crippen LogP contribution in [0.2, 0.25) is 0 Å². The van der Waals surface area contributed by atoms with Gasteiger partial charge in [0.1, 0.15) is 0 Å². The molecule has 0 bridgehead atoms. The summed E-state index contributed by atoms with van der Waals surface area (Å²) in [4.78, 5) is 13.8. The molecule has 1 aliphatic heterocycles. The number of carbonyl (C=O) groups excluding carboxylic acids is 1. The summed E-state index contributed by atoms with van der Waals surface area (Å²) in [6.45, 7) is 5.65. The van der Waals surface area contributed by atoms with Crippen LogP contribution in [0.15, 0.2) is 0 Å². The number of β-amino-alcohol motifs (C(OH)–C–C–N with tert-alkyl or cyclic N) is 1. The SMILES string of the molecule is CCC(CN)CC(=O)N1CCCC(C)(O)C1. The highest BCUT2D eigenvalue weighted by Gasteiger charge is 2.31. The number of hydrogen-bond donors (Lipinski definition) is 2. The van der Waals surface area contributed by atoms with Crippen molar-refractivity contribution in [2.45, 2.75) is 45.1 Å². The molecule has 1 amide bonds. The zero-order chi connectivity index (χ0) is 12.2. The third-order valence-electron chi connectivity index (χ3n) is 3.40. The van der Waals surface area contributed by atoms with Crippen LogP contribution in [0.5, 0.6) is 0 Å². The van der Waals surface area contributed by atoms with E-state index in [1.807, 2.05) is 0 Å². The Morgan fingerprint density at radius 2 is 2.31 bits per heavy atom. The van der Waals surface area contributed by atoms with Crippen molar-refractivity contribution in [1.82, 2.24) is 4.90 Å². The monoisotopic (exact) mass is 228 g/mol.